The molecule has 0 N–H and O–H groups in total. The van der Waals surface area contributed by atoms with E-state index in [9.17, 15) is 14.4 Å². The Morgan fingerprint density at radius 3 is 0.984 bits per heavy atom. The van der Waals surface area contributed by atoms with Gasteiger partial charge in [0.15, 0.2) is 6.10 Å². The van der Waals surface area contributed by atoms with Gasteiger partial charge in [0.05, 0.1) is 0 Å². The predicted molar refractivity (Wildman–Crippen MR) is 261 cm³/mol. The molecule has 0 aliphatic heterocycles. The van der Waals surface area contributed by atoms with Crippen molar-refractivity contribution in [3.05, 3.63) is 72.9 Å². The zero-order valence-corrected chi connectivity index (χ0v) is 39.9. The molecule has 0 aliphatic carbocycles. The van der Waals surface area contributed by atoms with Gasteiger partial charge in [-0.1, -0.05) is 229 Å². The molecule has 0 saturated carbocycles. The summed E-state index contributed by atoms with van der Waals surface area (Å²) >= 11 is 0. The smallest absolute Gasteiger partial charge is 0.306 e. The molecule has 0 aliphatic rings. The third-order valence-corrected chi connectivity index (χ3v) is 10.8. The summed E-state index contributed by atoms with van der Waals surface area (Å²) in [6.07, 6.45) is 61.7. The highest BCUT2D eigenvalue weighted by atomic mass is 16.6. The summed E-state index contributed by atoms with van der Waals surface area (Å²) < 4.78 is 16.7. The van der Waals surface area contributed by atoms with Gasteiger partial charge < -0.3 is 14.2 Å². The maximum absolute atomic E-state index is 12.8. The molecule has 0 spiro atoms. The summed E-state index contributed by atoms with van der Waals surface area (Å²) in [5, 5.41) is 0. The van der Waals surface area contributed by atoms with Crippen molar-refractivity contribution in [2.24, 2.45) is 0 Å². The molecule has 0 rings (SSSR count). The summed E-state index contributed by atoms with van der Waals surface area (Å²) in [4.78, 5) is 37.9. The zero-order chi connectivity index (χ0) is 44.4. The summed E-state index contributed by atoms with van der Waals surface area (Å²) in [5.74, 6) is -0.919. The van der Waals surface area contributed by atoms with Crippen molar-refractivity contribution in [2.75, 3.05) is 13.2 Å². The second-order valence-electron chi connectivity index (χ2n) is 16.8. The third-order valence-electron chi connectivity index (χ3n) is 10.8. The average molecular weight is 851 g/mol. The molecule has 1 atom stereocenters. The Morgan fingerprint density at radius 1 is 0.344 bits per heavy atom. The minimum Gasteiger partial charge on any atom is -0.462 e. The molecule has 0 saturated heterocycles. The van der Waals surface area contributed by atoms with Crippen LogP contribution in [0.3, 0.4) is 0 Å². The fourth-order valence-electron chi connectivity index (χ4n) is 6.97. The van der Waals surface area contributed by atoms with Gasteiger partial charge in [0.2, 0.25) is 0 Å². The molecule has 6 nitrogen and oxygen atoms in total. The molecule has 0 heterocycles. The van der Waals surface area contributed by atoms with Crippen LogP contribution >= 0.6 is 0 Å². The summed E-state index contributed by atoms with van der Waals surface area (Å²) in [6, 6.07) is 0. The van der Waals surface area contributed by atoms with E-state index >= 15 is 0 Å². The van der Waals surface area contributed by atoms with Gasteiger partial charge in [-0.3, -0.25) is 14.4 Å². The van der Waals surface area contributed by atoms with Gasteiger partial charge >= 0.3 is 17.9 Å². The Bertz CT molecular complexity index is 1160. The van der Waals surface area contributed by atoms with E-state index < -0.39 is 6.10 Å². The Balaban J connectivity index is 4.41. The van der Waals surface area contributed by atoms with Crippen LogP contribution in [0, 0.1) is 0 Å². The van der Waals surface area contributed by atoms with E-state index in [2.05, 4.69) is 93.7 Å². The highest BCUT2D eigenvalue weighted by molar-refractivity contribution is 5.71. The maximum Gasteiger partial charge on any atom is 0.306 e. The standard InChI is InChI=1S/C55H94O6/c1-4-7-10-13-16-19-22-24-26-27-28-30-31-33-36-39-42-45-48-54(57)60-51-52(50-59-53(56)47-44-41-38-35-21-18-15-12-9-6-3)61-55(58)49-46-43-40-37-34-32-29-25-23-20-17-14-11-8-5-2/h8,11,14,17,20,22-24,26-28,30,52H,4-7,9-10,12-13,15-16,18-19,21,25,29,31-51H2,1-3H3/b11-8-,17-14-,23-20-,24-22-,27-26-,30-28-. The number of allylic oxidation sites excluding steroid dienone is 12. The number of rotatable bonds is 45. The third kappa shape index (κ3) is 47.7. The van der Waals surface area contributed by atoms with Crippen molar-refractivity contribution in [1.82, 2.24) is 0 Å². The van der Waals surface area contributed by atoms with Crippen molar-refractivity contribution < 1.29 is 28.6 Å². The second-order valence-corrected chi connectivity index (χ2v) is 16.8. The lowest BCUT2D eigenvalue weighted by Gasteiger charge is -2.18. The SMILES string of the molecule is CC\C=C/C=C\C=C/CCCCCCCCCC(=O)OC(COC(=O)CCCCCCC\C=C/C=C\C=C/CCCCCCC)COC(=O)CCCCCCCCCCCC. The maximum atomic E-state index is 12.8. The molecule has 0 fully saturated rings. The fourth-order valence-corrected chi connectivity index (χ4v) is 6.97. The zero-order valence-electron chi connectivity index (χ0n) is 39.9. The number of esters is 3. The van der Waals surface area contributed by atoms with Crippen molar-refractivity contribution in [1.29, 1.82) is 0 Å². The summed E-state index contributed by atoms with van der Waals surface area (Å²) in [5.41, 5.74) is 0. The quantitative estimate of drug-likeness (QED) is 0.0263. The van der Waals surface area contributed by atoms with E-state index in [0.717, 1.165) is 89.9 Å². The van der Waals surface area contributed by atoms with E-state index in [0.29, 0.717) is 19.3 Å². The molecule has 61 heavy (non-hydrogen) atoms. The summed E-state index contributed by atoms with van der Waals surface area (Å²) in [6.45, 7) is 6.45. The molecule has 350 valence electrons. The van der Waals surface area contributed by atoms with Crippen LogP contribution in [0.2, 0.25) is 0 Å². The van der Waals surface area contributed by atoms with Gasteiger partial charge in [0, 0.05) is 19.3 Å². The van der Waals surface area contributed by atoms with Gasteiger partial charge in [-0.2, -0.15) is 0 Å². The highest BCUT2D eigenvalue weighted by Crippen LogP contribution is 2.14. The van der Waals surface area contributed by atoms with Crippen LogP contribution in [0.25, 0.3) is 0 Å². The molecule has 0 aromatic rings. The van der Waals surface area contributed by atoms with Gasteiger partial charge in [0.25, 0.3) is 0 Å². The van der Waals surface area contributed by atoms with E-state index in [1.165, 1.54) is 109 Å². The van der Waals surface area contributed by atoms with Gasteiger partial charge in [-0.05, 0) is 64.2 Å². The lowest BCUT2D eigenvalue weighted by Crippen LogP contribution is -2.30. The number of ether oxygens (including phenoxy) is 3. The van der Waals surface area contributed by atoms with Gasteiger partial charge in [-0.15, -0.1) is 0 Å². The van der Waals surface area contributed by atoms with Crippen LogP contribution < -0.4 is 0 Å². The van der Waals surface area contributed by atoms with Crippen molar-refractivity contribution in [3.63, 3.8) is 0 Å². The minimum atomic E-state index is -0.787. The molecule has 0 bridgehead atoms. The molecule has 1 unspecified atom stereocenters. The molecular weight excluding hydrogens is 757 g/mol. The Hall–Kier alpha value is -3.15. The monoisotopic (exact) mass is 851 g/mol. The van der Waals surface area contributed by atoms with Crippen LogP contribution in [0.1, 0.15) is 239 Å². The van der Waals surface area contributed by atoms with Crippen LogP contribution in [0.4, 0.5) is 0 Å². The Morgan fingerprint density at radius 2 is 0.639 bits per heavy atom. The fraction of sp³-hybridized carbons (Fsp3) is 0.727. The lowest BCUT2D eigenvalue weighted by atomic mass is 10.1. The van der Waals surface area contributed by atoms with Crippen molar-refractivity contribution in [2.45, 2.75) is 245 Å². The first-order valence-corrected chi connectivity index (χ1v) is 25.5. The van der Waals surface area contributed by atoms with E-state index in [4.69, 9.17) is 14.2 Å². The van der Waals surface area contributed by atoms with Crippen molar-refractivity contribution >= 4 is 17.9 Å². The minimum absolute atomic E-state index is 0.0862. The van der Waals surface area contributed by atoms with Gasteiger partial charge in [-0.25, -0.2) is 0 Å². The Labute approximate surface area is 376 Å². The number of hydrogen-bond donors (Lipinski definition) is 0. The second kappa shape index (κ2) is 49.5. The van der Waals surface area contributed by atoms with E-state index in [1.54, 1.807) is 0 Å². The number of carbonyl (C=O) groups excluding carboxylic acids is 3. The normalized spacial score (nSPS) is 12.6. The largest absolute Gasteiger partial charge is 0.462 e. The van der Waals surface area contributed by atoms with Gasteiger partial charge in [0.1, 0.15) is 13.2 Å². The summed E-state index contributed by atoms with van der Waals surface area (Å²) in [7, 11) is 0. The number of unbranched alkanes of at least 4 members (excludes halogenated alkanes) is 26. The first-order valence-electron chi connectivity index (χ1n) is 25.5. The predicted octanol–water partition coefficient (Wildman–Crippen LogP) is 16.6. The van der Waals surface area contributed by atoms with Crippen LogP contribution in [-0.4, -0.2) is 37.2 Å². The molecular formula is C55H94O6. The van der Waals surface area contributed by atoms with Crippen LogP contribution in [-0.2, 0) is 28.6 Å². The molecule has 0 aromatic heterocycles. The van der Waals surface area contributed by atoms with E-state index in [-0.39, 0.29) is 31.1 Å². The van der Waals surface area contributed by atoms with E-state index in [1.807, 2.05) is 0 Å². The number of carbonyl (C=O) groups is 3. The number of hydrogen-bond acceptors (Lipinski definition) is 6. The molecule has 0 amide bonds. The Kier molecular flexibility index (Phi) is 46.9. The first-order chi connectivity index (χ1) is 30.0. The average Bonchev–Trinajstić information content (AvgIpc) is 3.26. The van der Waals surface area contributed by atoms with Crippen LogP contribution in [0.5, 0.6) is 0 Å². The molecule has 6 heteroatoms. The molecule has 0 aromatic carbocycles. The van der Waals surface area contributed by atoms with Crippen molar-refractivity contribution in [3.8, 4) is 0 Å². The first kappa shape index (κ1) is 57.9. The lowest BCUT2D eigenvalue weighted by molar-refractivity contribution is -0.167. The molecule has 0 radical (unpaired) electrons. The highest BCUT2D eigenvalue weighted by Gasteiger charge is 2.19. The topological polar surface area (TPSA) is 78.9 Å². The van der Waals surface area contributed by atoms with Crippen LogP contribution in [0.15, 0.2) is 72.9 Å².